The van der Waals surface area contributed by atoms with E-state index < -0.39 is 26.4 Å². The lowest BCUT2D eigenvalue weighted by Crippen LogP contribution is -2.19. The molecule has 0 aliphatic heterocycles. The van der Waals surface area contributed by atoms with Crippen molar-refractivity contribution in [1.82, 2.24) is 14.8 Å². The first-order valence-corrected chi connectivity index (χ1v) is 12.0. The van der Waals surface area contributed by atoms with Gasteiger partial charge in [0.1, 0.15) is 5.75 Å². The molecule has 33 heavy (non-hydrogen) atoms. The molecule has 3 rings (SSSR count). The number of amides is 1. The summed E-state index contributed by atoms with van der Waals surface area (Å²) in [6, 6.07) is 12.3. The fraction of sp³-hybridized carbons (Fsp3) is 0.190. The zero-order valence-corrected chi connectivity index (χ0v) is 19.1. The zero-order valence-electron chi connectivity index (χ0n) is 17.4. The Morgan fingerprint density at radius 2 is 1.91 bits per heavy atom. The van der Waals surface area contributed by atoms with Crippen molar-refractivity contribution < 1.29 is 26.7 Å². The van der Waals surface area contributed by atoms with Gasteiger partial charge in [-0.1, -0.05) is 42.1 Å². The minimum absolute atomic E-state index is 0.162. The number of hydrogen-bond acceptors (Lipinski definition) is 7. The summed E-state index contributed by atoms with van der Waals surface area (Å²) in [7, 11) is -3.33. The number of hydrogen-bond donors (Lipinski definition) is 1. The standard InChI is InChI=1S/C21H20F2N4O4S2/c1-3-12-27-19(14-8-4-6-10-16(14)31-2)25-26-21(27)32-13-18(28)24-15-9-5-7-11-17(15)33(29,30)20(22)23/h3-11,20H,1,12-13H2,2H3,(H,24,28). The van der Waals surface area contributed by atoms with Crippen LogP contribution >= 0.6 is 11.8 Å². The van der Waals surface area contributed by atoms with Gasteiger partial charge in [-0.05, 0) is 24.3 Å². The monoisotopic (exact) mass is 494 g/mol. The number of thioether (sulfide) groups is 1. The van der Waals surface area contributed by atoms with Gasteiger partial charge in [-0.15, -0.1) is 16.8 Å². The number of nitrogens with zero attached hydrogens (tertiary/aromatic N) is 3. The second kappa shape index (κ2) is 10.6. The van der Waals surface area contributed by atoms with Crippen molar-refractivity contribution in [3.63, 3.8) is 0 Å². The topological polar surface area (TPSA) is 103 Å². The van der Waals surface area contributed by atoms with Gasteiger partial charge in [0.05, 0.1) is 29.0 Å². The van der Waals surface area contributed by atoms with Gasteiger partial charge < -0.3 is 10.1 Å². The van der Waals surface area contributed by atoms with Crippen LogP contribution in [0.3, 0.4) is 0 Å². The highest BCUT2D eigenvalue weighted by atomic mass is 32.2. The molecular formula is C21H20F2N4O4S2. The van der Waals surface area contributed by atoms with Crippen molar-refractivity contribution in [1.29, 1.82) is 0 Å². The maximum atomic E-state index is 13.0. The lowest BCUT2D eigenvalue weighted by atomic mass is 10.2. The number of allylic oxidation sites excluding steroid dienone is 1. The molecule has 1 N–H and O–H groups in total. The molecule has 0 fully saturated rings. The number of rotatable bonds is 10. The van der Waals surface area contributed by atoms with Crippen LogP contribution in [-0.4, -0.2) is 47.7 Å². The van der Waals surface area contributed by atoms with Crippen LogP contribution in [0.1, 0.15) is 0 Å². The molecule has 0 bridgehead atoms. The number of para-hydroxylation sites is 2. The molecule has 0 spiro atoms. The molecule has 0 aliphatic rings. The van der Waals surface area contributed by atoms with Crippen LogP contribution < -0.4 is 10.1 Å². The van der Waals surface area contributed by atoms with Gasteiger partial charge in [-0.3, -0.25) is 9.36 Å². The SMILES string of the molecule is C=CCn1c(SCC(=O)Nc2ccccc2S(=O)(=O)C(F)F)nnc1-c1ccccc1OC. The minimum Gasteiger partial charge on any atom is -0.496 e. The lowest BCUT2D eigenvalue weighted by Gasteiger charge is -2.12. The Morgan fingerprint density at radius 1 is 1.21 bits per heavy atom. The molecule has 1 heterocycles. The third-order valence-electron chi connectivity index (χ3n) is 4.41. The highest BCUT2D eigenvalue weighted by Gasteiger charge is 2.29. The fourth-order valence-corrected chi connectivity index (χ4v) is 4.58. The van der Waals surface area contributed by atoms with E-state index in [1.807, 2.05) is 18.2 Å². The molecule has 0 saturated heterocycles. The highest BCUT2D eigenvalue weighted by Crippen LogP contribution is 2.31. The van der Waals surface area contributed by atoms with Crippen molar-refractivity contribution in [2.45, 2.75) is 22.4 Å². The first kappa shape index (κ1) is 24.4. The predicted molar refractivity (Wildman–Crippen MR) is 121 cm³/mol. The Hall–Kier alpha value is -3.25. The van der Waals surface area contributed by atoms with Gasteiger partial charge in [0.2, 0.25) is 15.7 Å². The van der Waals surface area contributed by atoms with Gasteiger partial charge in [0.15, 0.2) is 11.0 Å². The molecule has 0 atom stereocenters. The third kappa shape index (κ3) is 5.40. The van der Waals surface area contributed by atoms with E-state index in [1.165, 1.54) is 18.2 Å². The Balaban J connectivity index is 1.80. The van der Waals surface area contributed by atoms with Crippen LogP contribution in [0.15, 0.2) is 71.2 Å². The number of anilines is 1. The number of aromatic nitrogens is 3. The van der Waals surface area contributed by atoms with Crippen LogP contribution in [0.2, 0.25) is 0 Å². The molecule has 0 aliphatic carbocycles. The number of carbonyl (C=O) groups is 1. The van der Waals surface area contributed by atoms with Crippen molar-refractivity contribution >= 4 is 33.2 Å². The van der Waals surface area contributed by atoms with Crippen molar-refractivity contribution in [3.8, 4) is 17.1 Å². The average molecular weight is 495 g/mol. The summed E-state index contributed by atoms with van der Waals surface area (Å²) >= 11 is 1.05. The van der Waals surface area contributed by atoms with Gasteiger partial charge in [-0.25, -0.2) is 8.42 Å². The van der Waals surface area contributed by atoms with Gasteiger partial charge in [-0.2, -0.15) is 8.78 Å². The van der Waals surface area contributed by atoms with Crippen LogP contribution in [0.4, 0.5) is 14.5 Å². The Morgan fingerprint density at radius 3 is 2.61 bits per heavy atom. The van der Waals surface area contributed by atoms with Crippen LogP contribution in [0.5, 0.6) is 5.75 Å². The summed E-state index contributed by atoms with van der Waals surface area (Å²) in [6.45, 7) is 4.10. The third-order valence-corrected chi connectivity index (χ3v) is 6.82. The maximum Gasteiger partial charge on any atom is 0.341 e. The van der Waals surface area contributed by atoms with Crippen molar-refractivity contribution in [2.75, 3.05) is 18.2 Å². The number of nitrogens with one attached hydrogen (secondary N) is 1. The summed E-state index contributed by atoms with van der Waals surface area (Å²) in [5.41, 5.74) is 0.488. The van der Waals surface area contributed by atoms with Crippen LogP contribution in [-0.2, 0) is 21.2 Å². The van der Waals surface area contributed by atoms with E-state index >= 15 is 0 Å². The number of sulfone groups is 1. The molecule has 12 heteroatoms. The van der Waals surface area contributed by atoms with Gasteiger partial charge >= 0.3 is 5.76 Å². The van der Waals surface area contributed by atoms with Crippen LogP contribution in [0.25, 0.3) is 11.4 Å². The number of methoxy groups -OCH3 is 1. The van der Waals surface area contributed by atoms with E-state index in [4.69, 9.17) is 4.74 Å². The van der Waals surface area contributed by atoms with E-state index in [0.29, 0.717) is 28.8 Å². The first-order chi connectivity index (χ1) is 15.8. The average Bonchev–Trinajstić information content (AvgIpc) is 3.20. The number of benzene rings is 2. The van der Waals surface area contributed by atoms with E-state index in [1.54, 1.807) is 23.8 Å². The second-order valence-corrected chi connectivity index (χ2v) is 9.37. The smallest absolute Gasteiger partial charge is 0.341 e. The number of alkyl halides is 2. The zero-order chi connectivity index (χ0) is 24.0. The molecule has 174 valence electrons. The predicted octanol–water partition coefficient (Wildman–Crippen LogP) is 3.87. The Bertz CT molecular complexity index is 1260. The number of carbonyl (C=O) groups excluding carboxylic acids is 1. The molecule has 2 aromatic carbocycles. The van der Waals surface area contributed by atoms with Crippen molar-refractivity contribution in [3.05, 3.63) is 61.2 Å². The summed E-state index contributed by atoms with van der Waals surface area (Å²) in [5, 5.41) is 11.2. The van der Waals surface area contributed by atoms with Crippen molar-refractivity contribution in [2.24, 2.45) is 0 Å². The summed E-state index contributed by atoms with van der Waals surface area (Å²) in [6.07, 6.45) is 1.65. The Kier molecular flexibility index (Phi) is 7.82. The minimum atomic E-state index is -4.87. The van der Waals surface area contributed by atoms with E-state index in [9.17, 15) is 22.0 Å². The summed E-state index contributed by atoms with van der Waals surface area (Å²) < 4.78 is 56.8. The highest BCUT2D eigenvalue weighted by molar-refractivity contribution is 7.99. The fourth-order valence-electron chi connectivity index (χ4n) is 2.95. The normalized spacial score (nSPS) is 11.4. The lowest BCUT2D eigenvalue weighted by molar-refractivity contribution is -0.113. The molecule has 3 aromatic rings. The summed E-state index contributed by atoms with van der Waals surface area (Å²) in [4.78, 5) is 11.8. The van der Waals surface area contributed by atoms with Gasteiger partial charge in [0, 0.05) is 6.54 Å². The largest absolute Gasteiger partial charge is 0.496 e. The van der Waals surface area contributed by atoms with E-state index in [0.717, 1.165) is 17.8 Å². The number of ether oxygens (including phenoxy) is 1. The second-order valence-electron chi connectivity index (χ2n) is 6.54. The van der Waals surface area contributed by atoms with Crippen LogP contribution in [0, 0.1) is 0 Å². The number of halogens is 2. The molecule has 8 nitrogen and oxygen atoms in total. The Labute approximate surface area is 193 Å². The van der Waals surface area contributed by atoms with E-state index in [2.05, 4.69) is 22.1 Å². The maximum absolute atomic E-state index is 13.0. The molecule has 0 saturated carbocycles. The molecule has 1 amide bonds. The van der Waals surface area contributed by atoms with E-state index in [-0.39, 0.29) is 11.4 Å². The summed E-state index contributed by atoms with van der Waals surface area (Å²) in [5.74, 6) is -3.24. The molecular weight excluding hydrogens is 474 g/mol. The molecule has 1 aromatic heterocycles. The molecule has 0 radical (unpaired) electrons. The quantitative estimate of drug-likeness (QED) is 0.337. The van der Waals surface area contributed by atoms with Gasteiger partial charge in [0.25, 0.3) is 0 Å². The first-order valence-electron chi connectivity index (χ1n) is 9.50. The molecule has 0 unspecified atom stereocenters.